The van der Waals surface area contributed by atoms with Crippen LogP contribution in [0.15, 0.2) is 66.0 Å². The predicted octanol–water partition coefficient (Wildman–Crippen LogP) is 4.41. The first kappa shape index (κ1) is 18.7. The van der Waals surface area contributed by atoms with Crippen LogP contribution in [0.5, 0.6) is 5.75 Å². The number of nitrogens with zero attached hydrogens (tertiary/aromatic N) is 1. The van der Waals surface area contributed by atoms with Gasteiger partial charge in [0.15, 0.2) is 6.10 Å². The van der Waals surface area contributed by atoms with Gasteiger partial charge in [-0.1, -0.05) is 30.3 Å². The summed E-state index contributed by atoms with van der Waals surface area (Å²) >= 11 is 1.69. The molecule has 1 heterocycles. The van der Waals surface area contributed by atoms with E-state index in [0.29, 0.717) is 17.9 Å². The Hall–Kier alpha value is -3.10. The monoisotopic (exact) mass is 376 g/mol. The second-order valence-corrected chi connectivity index (χ2v) is 7.13. The maximum absolute atomic E-state index is 12.2. The number of benzene rings is 2. The zero-order valence-electron chi connectivity index (χ0n) is 15.0. The van der Waals surface area contributed by atoms with E-state index in [1.54, 1.807) is 30.4 Å². The number of nitriles is 1. The Morgan fingerprint density at radius 1 is 1.11 bits per heavy atom. The number of carbonyl (C=O) groups is 1. The van der Waals surface area contributed by atoms with Gasteiger partial charge in [0.2, 0.25) is 0 Å². The van der Waals surface area contributed by atoms with Crippen LogP contribution in [0.4, 0.5) is 0 Å². The van der Waals surface area contributed by atoms with Crippen molar-refractivity contribution >= 4 is 17.2 Å². The molecule has 3 aromatic rings. The van der Waals surface area contributed by atoms with Crippen LogP contribution in [0.25, 0.3) is 11.1 Å². The third-order valence-corrected chi connectivity index (χ3v) is 5.07. The van der Waals surface area contributed by atoms with Crippen molar-refractivity contribution in [3.63, 3.8) is 0 Å². The Morgan fingerprint density at radius 3 is 2.37 bits per heavy atom. The molecule has 27 heavy (non-hydrogen) atoms. The van der Waals surface area contributed by atoms with E-state index in [1.807, 2.05) is 47.8 Å². The zero-order valence-corrected chi connectivity index (χ0v) is 15.8. The molecule has 1 N–H and O–H groups in total. The van der Waals surface area contributed by atoms with Crippen LogP contribution < -0.4 is 10.1 Å². The minimum atomic E-state index is -0.561. The molecule has 0 saturated heterocycles. The van der Waals surface area contributed by atoms with Gasteiger partial charge in [-0.2, -0.15) is 5.26 Å². The van der Waals surface area contributed by atoms with Crippen LogP contribution in [-0.4, -0.2) is 18.6 Å². The molecule has 4 nitrogen and oxygen atoms in total. The highest BCUT2D eigenvalue weighted by Gasteiger charge is 2.14. The number of nitrogens with one attached hydrogen (secondary N) is 1. The topological polar surface area (TPSA) is 62.1 Å². The maximum atomic E-state index is 12.2. The molecule has 136 valence electrons. The molecule has 1 atom stereocenters. The van der Waals surface area contributed by atoms with Crippen molar-refractivity contribution in [2.45, 2.75) is 19.4 Å². The van der Waals surface area contributed by atoms with Crippen LogP contribution in [0.3, 0.4) is 0 Å². The lowest BCUT2D eigenvalue weighted by molar-refractivity contribution is -0.127. The van der Waals surface area contributed by atoms with Gasteiger partial charge in [-0.15, -0.1) is 11.3 Å². The molecule has 1 amide bonds. The fraction of sp³-hybridized carbons (Fsp3) is 0.182. The standard InChI is InChI=1S/C22H20N2O2S/c1-16(22(25)24-13-12-21-3-2-14-27-21)26-20-10-8-19(9-11-20)18-6-4-17(15-23)5-7-18/h2-11,14,16H,12-13H2,1H3,(H,24,25)/t16-/m1/s1. The van der Waals surface area contributed by atoms with Crippen LogP contribution in [0.2, 0.25) is 0 Å². The summed E-state index contributed by atoms with van der Waals surface area (Å²) in [5, 5.41) is 13.8. The van der Waals surface area contributed by atoms with Crippen LogP contribution >= 0.6 is 11.3 Å². The van der Waals surface area contributed by atoms with Crippen molar-refractivity contribution in [3.05, 3.63) is 76.5 Å². The number of ether oxygens (including phenoxy) is 1. The Bertz CT molecular complexity index is 910. The van der Waals surface area contributed by atoms with Gasteiger partial charge in [-0.25, -0.2) is 0 Å². The molecule has 0 spiro atoms. The molecule has 0 unspecified atom stereocenters. The summed E-state index contributed by atoms with van der Waals surface area (Å²) in [5.41, 5.74) is 2.69. The average molecular weight is 376 g/mol. The van der Waals surface area contributed by atoms with Gasteiger partial charge in [0.1, 0.15) is 5.75 Å². The van der Waals surface area contributed by atoms with Gasteiger partial charge in [-0.05, 0) is 60.2 Å². The summed E-state index contributed by atoms with van der Waals surface area (Å²) in [6.45, 7) is 2.35. The molecule has 0 aliphatic heterocycles. The molecular formula is C22H20N2O2S. The minimum Gasteiger partial charge on any atom is -0.481 e. The molecule has 0 bridgehead atoms. The van der Waals surface area contributed by atoms with E-state index >= 15 is 0 Å². The van der Waals surface area contributed by atoms with Crippen LogP contribution in [0.1, 0.15) is 17.4 Å². The molecule has 2 aromatic carbocycles. The highest BCUT2D eigenvalue weighted by molar-refractivity contribution is 7.09. The van der Waals surface area contributed by atoms with Gasteiger partial charge >= 0.3 is 0 Å². The van der Waals surface area contributed by atoms with Gasteiger partial charge in [0.25, 0.3) is 5.91 Å². The summed E-state index contributed by atoms with van der Waals surface area (Å²) in [4.78, 5) is 13.4. The van der Waals surface area contributed by atoms with E-state index < -0.39 is 6.10 Å². The van der Waals surface area contributed by atoms with E-state index in [0.717, 1.165) is 17.5 Å². The van der Waals surface area contributed by atoms with E-state index in [4.69, 9.17) is 10.00 Å². The summed E-state index contributed by atoms with van der Waals surface area (Å²) in [6.07, 6.45) is 0.268. The summed E-state index contributed by atoms with van der Waals surface area (Å²) in [6, 6.07) is 21.2. The molecule has 1 aromatic heterocycles. The van der Waals surface area contributed by atoms with E-state index in [9.17, 15) is 4.79 Å². The Balaban J connectivity index is 1.52. The highest BCUT2D eigenvalue weighted by Crippen LogP contribution is 2.23. The molecule has 5 heteroatoms. The Kier molecular flexibility index (Phi) is 6.24. The number of rotatable bonds is 7. The third-order valence-electron chi connectivity index (χ3n) is 4.13. The van der Waals surface area contributed by atoms with Gasteiger partial charge < -0.3 is 10.1 Å². The second-order valence-electron chi connectivity index (χ2n) is 6.09. The molecule has 0 fully saturated rings. The molecule has 0 aliphatic rings. The van der Waals surface area contributed by atoms with E-state index in [-0.39, 0.29) is 5.91 Å². The average Bonchev–Trinajstić information content (AvgIpc) is 3.22. The molecule has 0 aliphatic carbocycles. The lowest BCUT2D eigenvalue weighted by Gasteiger charge is -2.15. The summed E-state index contributed by atoms with van der Waals surface area (Å²) in [7, 11) is 0. The number of hydrogen-bond donors (Lipinski definition) is 1. The van der Waals surface area contributed by atoms with Crippen molar-refractivity contribution in [3.8, 4) is 22.9 Å². The SMILES string of the molecule is C[C@@H](Oc1ccc(-c2ccc(C#N)cc2)cc1)C(=O)NCCc1cccs1. The highest BCUT2D eigenvalue weighted by atomic mass is 32.1. The van der Waals surface area contributed by atoms with Crippen LogP contribution in [-0.2, 0) is 11.2 Å². The first-order valence-corrected chi connectivity index (χ1v) is 9.61. The van der Waals surface area contributed by atoms with E-state index in [2.05, 4.69) is 17.5 Å². The van der Waals surface area contributed by atoms with Crippen LogP contribution in [0, 0.1) is 11.3 Å². The van der Waals surface area contributed by atoms with Crippen molar-refractivity contribution in [1.29, 1.82) is 5.26 Å². The first-order chi connectivity index (χ1) is 13.2. The van der Waals surface area contributed by atoms with E-state index in [1.165, 1.54) is 4.88 Å². The number of hydrogen-bond acceptors (Lipinski definition) is 4. The van der Waals surface area contributed by atoms with Crippen molar-refractivity contribution < 1.29 is 9.53 Å². The van der Waals surface area contributed by atoms with Crippen molar-refractivity contribution in [2.75, 3.05) is 6.54 Å². The van der Waals surface area contributed by atoms with Gasteiger partial charge in [0.05, 0.1) is 11.6 Å². The Labute approximate surface area is 163 Å². The fourth-order valence-corrected chi connectivity index (χ4v) is 3.34. The normalized spacial score (nSPS) is 11.4. The molecule has 0 saturated carbocycles. The largest absolute Gasteiger partial charge is 0.481 e. The minimum absolute atomic E-state index is 0.122. The number of carbonyl (C=O) groups excluding carboxylic acids is 1. The quantitative estimate of drug-likeness (QED) is 0.664. The zero-order chi connectivity index (χ0) is 19.1. The summed E-state index contributed by atoms with van der Waals surface area (Å²) < 4.78 is 5.74. The third kappa shape index (κ3) is 5.19. The number of amides is 1. The fourth-order valence-electron chi connectivity index (χ4n) is 2.63. The first-order valence-electron chi connectivity index (χ1n) is 8.73. The van der Waals surface area contributed by atoms with Crippen molar-refractivity contribution in [1.82, 2.24) is 5.32 Å². The summed E-state index contributed by atoms with van der Waals surface area (Å²) in [5.74, 6) is 0.524. The second kappa shape index (κ2) is 9.02. The van der Waals surface area contributed by atoms with Gasteiger partial charge in [0, 0.05) is 11.4 Å². The number of thiophene rings is 1. The molecule has 3 rings (SSSR count). The lowest BCUT2D eigenvalue weighted by atomic mass is 10.0. The maximum Gasteiger partial charge on any atom is 0.260 e. The molecular weight excluding hydrogens is 356 g/mol. The predicted molar refractivity (Wildman–Crippen MR) is 108 cm³/mol. The van der Waals surface area contributed by atoms with Crippen molar-refractivity contribution in [2.24, 2.45) is 0 Å². The van der Waals surface area contributed by atoms with Gasteiger partial charge in [-0.3, -0.25) is 4.79 Å². The molecule has 0 radical (unpaired) electrons. The lowest BCUT2D eigenvalue weighted by Crippen LogP contribution is -2.37. The smallest absolute Gasteiger partial charge is 0.260 e. The Morgan fingerprint density at radius 2 is 1.78 bits per heavy atom.